The molecule has 0 aliphatic heterocycles. The van der Waals surface area contributed by atoms with Crippen LogP contribution in [0.3, 0.4) is 0 Å². The average Bonchev–Trinajstić information content (AvgIpc) is 0.722. The predicted molar refractivity (Wildman–Crippen MR) is 39.0 cm³/mol. The van der Waals surface area contributed by atoms with Crippen LogP contribution in [0, 0.1) is 0 Å². The molecule has 13 heteroatoms. The van der Waals surface area contributed by atoms with Gasteiger partial charge in [0.05, 0.1) is 0 Å². The van der Waals surface area contributed by atoms with E-state index in [9.17, 15) is 0 Å². The van der Waals surface area contributed by atoms with Gasteiger partial charge in [0.2, 0.25) is 10.4 Å². The quantitative estimate of drug-likeness (QED) is 0.249. The van der Waals surface area contributed by atoms with E-state index in [0.717, 1.165) is 0 Å². The zero-order valence-corrected chi connectivity index (χ0v) is 10.3. The molecule has 1 radical (unpaired) electrons. The summed E-state index contributed by atoms with van der Waals surface area (Å²) >= 11 is 0. The van der Waals surface area contributed by atoms with Crippen molar-refractivity contribution in [2.75, 3.05) is 0 Å². The number of rotatable bonds is 0. The van der Waals surface area contributed by atoms with E-state index < -0.39 is 10.4 Å². The van der Waals surface area contributed by atoms with E-state index >= 15 is 0 Å². The molecule has 0 spiro atoms. The molecule has 0 amide bonds. The molecule has 0 atom stereocenters. The molecule has 89 valence electrons. The van der Waals surface area contributed by atoms with Crippen molar-refractivity contribution in [2.45, 2.75) is 0 Å². The molecule has 0 aromatic carbocycles. The molecule has 0 unspecified atom stereocenters. The zero-order valence-electron chi connectivity index (χ0n) is 6.49. The minimum absolute atomic E-state index is 0. The van der Waals surface area contributed by atoms with E-state index in [4.69, 9.17) is 17.5 Å². The van der Waals surface area contributed by atoms with E-state index in [1.807, 2.05) is 0 Å². The summed E-state index contributed by atoms with van der Waals surface area (Å²) in [6.45, 7) is 0. The predicted octanol–water partition coefficient (Wildman–Crippen LogP) is -5.78. The Morgan fingerprint density at radius 2 is 0.846 bits per heavy atom. The van der Waals surface area contributed by atoms with Crippen molar-refractivity contribution < 1.29 is 69.9 Å². The second kappa shape index (κ2) is 39.8. The van der Waals surface area contributed by atoms with Crippen LogP contribution >= 0.6 is 0 Å². The van der Waals surface area contributed by atoms with Gasteiger partial charge >= 0.3 is 19.5 Å². The van der Waals surface area contributed by atoms with Crippen molar-refractivity contribution in [3.63, 3.8) is 0 Å². The molecule has 0 aliphatic carbocycles. The maximum absolute atomic E-state index is 8.63. The van der Waals surface area contributed by atoms with Gasteiger partial charge < -0.3 is 43.6 Å². The standard InChI is InChI=1S/H3N.H2O4S.6H2O.Zn/c;1-5(2,3)4;;;;;;;/h1H3;(H2,1,2,3,4);6*1H2;/q;;;;;;;;+1/p-1. The third kappa shape index (κ3) is 28000. The molecule has 0 saturated carbocycles. The van der Waals surface area contributed by atoms with Crippen LogP contribution in [0.15, 0.2) is 0 Å². The summed E-state index contributed by atoms with van der Waals surface area (Å²) in [6.07, 6.45) is 0. The van der Waals surface area contributed by atoms with Crippen molar-refractivity contribution in [1.29, 1.82) is 0 Å². The Bertz CT molecular complexity index is 98.1. The fraction of sp³-hybridized carbons (Fsp3) is 0. The second-order valence-corrected chi connectivity index (χ2v) is 1.28. The molecule has 0 rings (SSSR count). The van der Waals surface area contributed by atoms with E-state index in [-0.39, 0.29) is 58.5 Å². The van der Waals surface area contributed by atoms with E-state index in [0.29, 0.717) is 0 Å². The van der Waals surface area contributed by atoms with Crippen LogP contribution in [0.5, 0.6) is 0 Å². The summed E-state index contributed by atoms with van der Waals surface area (Å²) in [4.78, 5) is 0. The van der Waals surface area contributed by atoms with Crippen LogP contribution in [0.4, 0.5) is 0 Å². The smallest absolute Gasteiger partial charge is 0.726 e. The summed E-state index contributed by atoms with van der Waals surface area (Å²) in [6, 6.07) is 0. The van der Waals surface area contributed by atoms with Gasteiger partial charge in [-0.15, -0.1) is 0 Å². The van der Waals surface area contributed by atoms with Gasteiger partial charge in [-0.2, -0.15) is 0 Å². The molecule has 0 saturated heterocycles. The van der Waals surface area contributed by atoms with Crippen molar-refractivity contribution in [3.8, 4) is 0 Å². The van der Waals surface area contributed by atoms with Crippen LogP contribution in [-0.4, -0.2) is 50.4 Å². The molecular weight excluding hydrogens is 271 g/mol. The van der Waals surface area contributed by atoms with Crippen molar-refractivity contribution in [2.24, 2.45) is 0 Å². The third-order valence-electron chi connectivity index (χ3n) is 0. The van der Waals surface area contributed by atoms with E-state index in [1.165, 1.54) is 0 Å². The van der Waals surface area contributed by atoms with Crippen LogP contribution in [0.2, 0.25) is 0 Å². The van der Waals surface area contributed by atoms with Crippen LogP contribution < -0.4 is 6.15 Å². The van der Waals surface area contributed by atoms with E-state index in [1.54, 1.807) is 0 Å². The monoisotopic (exact) mass is 286 g/mol. The first kappa shape index (κ1) is 111. The molecule has 16 N–H and O–H groups in total. The SMILES string of the molecule is N.O.O.O.O.O.O.O=S(=O)([O-])O.[Zn+]. The fourth-order valence-corrected chi connectivity index (χ4v) is 0. The second-order valence-electron chi connectivity index (χ2n) is 0.428. The van der Waals surface area contributed by atoms with Gasteiger partial charge in [0.1, 0.15) is 0 Å². The van der Waals surface area contributed by atoms with Gasteiger partial charge in [-0.05, 0) is 0 Å². The molecule has 13 heavy (non-hydrogen) atoms. The maximum atomic E-state index is 8.63. The largest absolute Gasteiger partial charge is 1.00 e. The van der Waals surface area contributed by atoms with Crippen molar-refractivity contribution >= 4 is 10.4 Å². The first-order valence-corrected chi connectivity index (χ1v) is 2.05. The van der Waals surface area contributed by atoms with Crippen LogP contribution in [0.1, 0.15) is 0 Å². The van der Waals surface area contributed by atoms with Gasteiger partial charge in [0.15, 0.2) is 0 Å². The van der Waals surface area contributed by atoms with Gasteiger partial charge in [0.25, 0.3) is 0 Å². The van der Waals surface area contributed by atoms with Gasteiger partial charge in [-0.25, -0.2) is 8.42 Å². The minimum Gasteiger partial charge on any atom is -0.726 e. The number of hydrogen-bond donors (Lipinski definition) is 2. The molecule has 0 aliphatic rings. The first-order chi connectivity index (χ1) is 2.00. The molecular formula is H16NO10SZn. The Hall–Kier alpha value is 0.213. The molecule has 0 bridgehead atoms. The Morgan fingerprint density at radius 1 is 0.846 bits per heavy atom. The first-order valence-electron chi connectivity index (χ1n) is 0.683. The van der Waals surface area contributed by atoms with Gasteiger partial charge in [-0.1, -0.05) is 0 Å². The topological polar surface area (TPSA) is 301 Å². The van der Waals surface area contributed by atoms with Crippen LogP contribution in [-0.2, 0) is 29.9 Å². The maximum Gasteiger partial charge on any atom is 1.00 e. The average molecular weight is 288 g/mol. The summed E-state index contributed by atoms with van der Waals surface area (Å²) in [5.41, 5.74) is 0. The van der Waals surface area contributed by atoms with Crippen LogP contribution in [0.25, 0.3) is 0 Å². The Kier molecular flexibility index (Phi) is 340. The number of hydrogen-bond acceptors (Lipinski definition) is 4. The molecule has 0 aromatic rings. The molecule has 0 aromatic heterocycles. The minimum atomic E-state index is -4.92. The molecule has 11 nitrogen and oxygen atoms in total. The summed E-state index contributed by atoms with van der Waals surface area (Å²) < 4.78 is 32.8. The normalized spacial score (nSPS) is 4.46. The molecule has 0 heterocycles. The Labute approximate surface area is 86.9 Å². The van der Waals surface area contributed by atoms with Crippen molar-refractivity contribution in [1.82, 2.24) is 6.15 Å². The van der Waals surface area contributed by atoms with Gasteiger partial charge in [-0.3, -0.25) is 4.55 Å². The Morgan fingerprint density at radius 3 is 0.846 bits per heavy atom. The van der Waals surface area contributed by atoms with Gasteiger partial charge in [0, 0.05) is 0 Å². The zero-order chi connectivity index (χ0) is 4.50. The summed E-state index contributed by atoms with van der Waals surface area (Å²) in [7, 11) is -4.92. The van der Waals surface area contributed by atoms with Crippen molar-refractivity contribution in [3.05, 3.63) is 0 Å². The summed E-state index contributed by atoms with van der Waals surface area (Å²) in [5.74, 6) is 0. The Balaban J connectivity index is -0.00000000286. The molecule has 0 fully saturated rings. The third-order valence-corrected chi connectivity index (χ3v) is 0. The van der Waals surface area contributed by atoms with E-state index in [2.05, 4.69) is 0 Å². The summed E-state index contributed by atoms with van der Waals surface area (Å²) in [5, 5.41) is 0. The fourth-order valence-electron chi connectivity index (χ4n) is 0.